The van der Waals surface area contributed by atoms with Gasteiger partial charge < -0.3 is 9.84 Å². The molecule has 0 atom stereocenters. The lowest BCUT2D eigenvalue weighted by Crippen LogP contribution is -2.24. The van der Waals surface area contributed by atoms with Crippen LogP contribution in [0.15, 0.2) is 50.4 Å². The highest BCUT2D eigenvalue weighted by Crippen LogP contribution is 2.30. The standard InChI is InChI=1S/C17H16Br2N2O3/c1-2-11-3-5-14(6-4-11)24-10-16(22)21-20-9-12-7-13(18)8-15(19)17(12)23/h3-9,23H,2,10H2,1H3,(H,21,22). The van der Waals surface area contributed by atoms with Crippen LogP contribution < -0.4 is 10.2 Å². The molecule has 0 heterocycles. The topological polar surface area (TPSA) is 70.9 Å². The van der Waals surface area contributed by atoms with E-state index >= 15 is 0 Å². The average molecular weight is 456 g/mol. The minimum atomic E-state index is -0.389. The molecule has 7 heteroatoms. The van der Waals surface area contributed by atoms with Crippen LogP contribution in [0.25, 0.3) is 0 Å². The summed E-state index contributed by atoms with van der Waals surface area (Å²) in [6.45, 7) is 1.93. The average Bonchev–Trinajstić information content (AvgIpc) is 2.57. The Morgan fingerprint density at radius 3 is 2.67 bits per heavy atom. The molecule has 0 aromatic heterocycles. The fourth-order valence-corrected chi connectivity index (χ4v) is 3.12. The first-order valence-electron chi connectivity index (χ1n) is 7.21. The highest BCUT2D eigenvalue weighted by Gasteiger charge is 2.06. The number of aromatic hydroxyl groups is 1. The molecule has 0 fully saturated rings. The summed E-state index contributed by atoms with van der Waals surface area (Å²) in [6, 6.07) is 11.0. The van der Waals surface area contributed by atoms with Crippen LogP contribution in [0.4, 0.5) is 0 Å². The summed E-state index contributed by atoms with van der Waals surface area (Å²) < 4.78 is 6.69. The number of hydrazone groups is 1. The summed E-state index contributed by atoms with van der Waals surface area (Å²) in [4.78, 5) is 11.7. The van der Waals surface area contributed by atoms with Gasteiger partial charge in [0.05, 0.1) is 10.7 Å². The third kappa shape index (κ3) is 5.35. The molecule has 0 saturated carbocycles. The van der Waals surface area contributed by atoms with E-state index in [1.807, 2.05) is 24.3 Å². The second-order valence-corrected chi connectivity index (χ2v) is 6.67. The van der Waals surface area contributed by atoms with Gasteiger partial charge in [0, 0.05) is 10.0 Å². The highest BCUT2D eigenvalue weighted by atomic mass is 79.9. The number of ether oxygens (including phenoxy) is 1. The lowest BCUT2D eigenvalue weighted by atomic mass is 10.2. The molecule has 126 valence electrons. The fourth-order valence-electron chi connectivity index (χ4n) is 1.86. The molecule has 2 rings (SSSR count). The fraction of sp³-hybridized carbons (Fsp3) is 0.176. The predicted molar refractivity (Wildman–Crippen MR) is 101 cm³/mol. The Morgan fingerprint density at radius 2 is 2.00 bits per heavy atom. The molecule has 0 unspecified atom stereocenters. The van der Waals surface area contributed by atoms with Crippen molar-refractivity contribution >= 4 is 44.0 Å². The van der Waals surface area contributed by atoms with Crippen molar-refractivity contribution in [2.45, 2.75) is 13.3 Å². The van der Waals surface area contributed by atoms with Crippen molar-refractivity contribution in [3.63, 3.8) is 0 Å². The Kier molecular flexibility index (Phi) is 6.81. The maximum atomic E-state index is 11.7. The van der Waals surface area contributed by atoms with Gasteiger partial charge >= 0.3 is 0 Å². The van der Waals surface area contributed by atoms with Gasteiger partial charge in [-0.25, -0.2) is 5.43 Å². The third-order valence-electron chi connectivity index (χ3n) is 3.15. The van der Waals surface area contributed by atoms with Gasteiger partial charge in [-0.2, -0.15) is 5.10 Å². The van der Waals surface area contributed by atoms with Crippen LogP contribution in [0.3, 0.4) is 0 Å². The molecule has 5 nitrogen and oxygen atoms in total. The molecule has 24 heavy (non-hydrogen) atoms. The zero-order valence-corrected chi connectivity index (χ0v) is 16.1. The second-order valence-electron chi connectivity index (χ2n) is 4.90. The number of amides is 1. The van der Waals surface area contributed by atoms with Gasteiger partial charge in [0.15, 0.2) is 6.61 Å². The van der Waals surface area contributed by atoms with Crippen molar-refractivity contribution in [2.75, 3.05) is 6.61 Å². The van der Waals surface area contributed by atoms with E-state index in [2.05, 4.69) is 49.3 Å². The monoisotopic (exact) mass is 454 g/mol. The number of carbonyl (C=O) groups excluding carboxylic acids is 1. The molecular weight excluding hydrogens is 440 g/mol. The quantitative estimate of drug-likeness (QED) is 0.510. The van der Waals surface area contributed by atoms with Gasteiger partial charge in [-0.3, -0.25) is 4.79 Å². The predicted octanol–water partition coefficient (Wildman–Crippen LogP) is 4.01. The van der Waals surface area contributed by atoms with Crippen molar-refractivity contribution in [3.8, 4) is 11.5 Å². The molecule has 0 aliphatic carbocycles. The first-order chi connectivity index (χ1) is 11.5. The van der Waals surface area contributed by atoms with Gasteiger partial charge in [-0.05, 0) is 52.2 Å². The van der Waals surface area contributed by atoms with Crippen molar-refractivity contribution < 1.29 is 14.6 Å². The van der Waals surface area contributed by atoms with E-state index in [0.29, 0.717) is 15.8 Å². The Balaban J connectivity index is 1.86. The number of hydrogen-bond donors (Lipinski definition) is 2. The number of aryl methyl sites for hydroxylation is 1. The Bertz CT molecular complexity index is 746. The van der Waals surface area contributed by atoms with Crippen molar-refractivity contribution in [1.82, 2.24) is 5.43 Å². The van der Waals surface area contributed by atoms with Crippen molar-refractivity contribution in [3.05, 3.63) is 56.5 Å². The highest BCUT2D eigenvalue weighted by molar-refractivity contribution is 9.11. The van der Waals surface area contributed by atoms with E-state index in [1.54, 1.807) is 12.1 Å². The zero-order chi connectivity index (χ0) is 17.5. The van der Waals surface area contributed by atoms with E-state index in [-0.39, 0.29) is 18.3 Å². The number of phenols is 1. The maximum absolute atomic E-state index is 11.7. The van der Waals surface area contributed by atoms with Crippen LogP contribution in [0.1, 0.15) is 18.1 Å². The minimum Gasteiger partial charge on any atom is -0.506 e. The van der Waals surface area contributed by atoms with E-state index in [4.69, 9.17) is 4.74 Å². The first-order valence-corrected chi connectivity index (χ1v) is 8.80. The lowest BCUT2D eigenvalue weighted by molar-refractivity contribution is -0.123. The Labute approximate surface area is 157 Å². The number of carbonyl (C=O) groups is 1. The molecule has 0 aliphatic rings. The number of hydrogen-bond acceptors (Lipinski definition) is 4. The summed E-state index contributed by atoms with van der Waals surface area (Å²) in [6.07, 6.45) is 2.31. The summed E-state index contributed by atoms with van der Waals surface area (Å²) in [5.74, 6) is 0.280. The summed E-state index contributed by atoms with van der Waals surface area (Å²) in [5, 5.41) is 13.7. The van der Waals surface area contributed by atoms with Crippen molar-refractivity contribution in [2.24, 2.45) is 5.10 Å². The molecule has 2 aromatic rings. The number of nitrogens with zero attached hydrogens (tertiary/aromatic N) is 1. The van der Waals surface area contributed by atoms with E-state index in [1.165, 1.54) is 11.8 Å². The number of benzene rings is 2. The molecule has 0 saturated heterocycles. The largest absolute Gasteiger partial charge is 0.506 e. The zero-order valence-electron chi connectivity index (χ0n) is 12.9. The first kappa shape index (κ1) is 18.5. The molecule has 0 radical (unpaired) electrons. The van der Waals surface area contributed by atoms with E-state index in [0.717, 1.165) is 10.9 Å². The van der Waals surface area contributed by atoms with Crippen LogP contribution in [0, 0.1) is 0 Å². The molecule has 0 bridgehead atoms. The maximum Gasteiger partial charge on any atom is 0.277 e. The third-order valence-corrected chi connectivity index (χ3v) is 4.21. The van der Waals surface area contributed by atoms with Crippen molar-refractivity contribution in [1.29, 1.82) is 0 Å². The SMILES string of the molecule is CCc1ccc(OCC(=O)NN=Cc2cc(Br)cc(Br)c2O)cc1. The number of nitrogens with one attached hydrogen (secondary N) is 1. The Morgan fingerprint density at radius 1 is 1.29 bits per heavy atom. The van der Waals surface area contributed by atoms with Crippen LogP contribution in [0.2, 0.25) is 0 Å². The summed E-state index contributed by atoms with van der Waals surface area (Å²) in [7, 11) is 0. The molecule has 0 aliphatic heterocycles. The van der Waals surface area contributed by atoms with E-state index in [9.17, 15) is 9.90 Å². The lowest BCUT2D eigenvalue weighted by Gasteiger charge is -2.06. The van der Waals surface area contributed by atoms with Gasteiger partial charge in [0.25, 0.3) is 5.91 Å². The van der Waals surface area contributed by atoms with Gasteiger partial charge in [0.1, 0.15) is 11.5 Å². The van der Waals surface area contributed by atoms with E-state index < -0.39 is 0 Å². The van der Waals surface area contributed by atoms with Gasteiger partial charge in [-0.15, -0.1) is 0 Å². The second kappa shape index (κ2) is 8.84. The molecule has 0 spiro atoms. The van der Waals surface area contributed by atoms with Crippen LogP contribution in [-0.4, -0.2) is 23.8 Å². The molecule has 2 aromatic carbocycles. The smallest absolute Gasteiger partial charge is 0.277 e. The number of phenolic OH excluding ortho intramolecular Hbond substituents is 1. The van der Waals surface area contributed by atoms with Gasteiger partial charge in [0.2, 0.25) is 0 Å². The number of rotatable bonds is 6. The summed E-state index contributed by atoms with van der Waals surface area (Å²) in [5.41, 5.74) is 4.02. The molecule has 1 amide bonds. The molecular formula is C17H16Br2N2O3. The molecule has 2 N–H and O–H groups in total. The Hall–Kier alpha value is -1.86. The number of halogens is 2. The van der Waals surface area contributed by atoms with Crippen LogP contribution in [-0.2, 0) is 11.2 Å². The van der Waals surface area contributed by atoms with Crippen LogP contribution >= 0.6 is 31.9 Å². The normalized spacial score (nSPS) is 10.8. The van der Waals surface area contributed by atoms with Gasteiger partial charge in [-0.1, -0.05) is 35.0 Å². The summed E-state index contributed by atoms with van der Waals surface area (Å²) >= 11 is 6.55. The minimum absolute atomic E-state index is 0.0449. The van der Waals surface area contributed by atoms with Crippen LogP contribution in [0.5, 0.6) is 11.5 Å².